The molecule has 3 aromatic rings. The maximum Gasteiger partial charge on any atom is 0.338 e. The SMILES string of the molecule is C=CC(=O)Oc1cc(-c2ccc(OC(=O)C(=C)C)cc2)c(OC(=O)C=C)cc1C#Cc1ccc(OC(=O)C(=C)C)cc1. The minimum absolute atomic E-state index is 0.0746. The highest BCUT2D eigenvalue weighted by molar-refractivity contribution is 5.90. The number of carbonyl (C=O) groups is 4. The van der Waals surface area contributed by atoms with E-state index in [0.717, 1.165) is 12.2 Å². The molecule has 0 aliphatic carbocycles. The molecule has 8 nitrogen and oxygen atoms in total. The average molecular weight is 563 g/mol. The van der Waals surface area contributed by atoms with Crippen LogP contribution in [0.5, 0.6) is 23.0 Å². The van der Waals surface area contributed by atoms with Crippen LogP contribution in [-0.2, 0) is 19.2 Å². The lowest BCUT2D eigenvalue weighted by Gasteiger charge is -2.14. The van der Waals surface area contributed by atoms with Crippen LogP contribution in [0.4, 0.5) is 0 Å². The number of ether oxygens (including phenoxy) is 4. The van der Waals surface area contributed by atoms with Gasteiger partial charge in [-0.3, -0.25) is 0 Å². The maximum absolute atomic E-state index is 12.2. The van der Waals surface area contributed by atoms with Gasteiger partial charge in [0.05, 0.1) is 5.56 Å². The zero-order valence-electron chi connectivity index (χ0n) is 23.0. The van der Waals surface area contributed by atoms with E-state index in [0.29, 0.717) is 22.4 Å². The van der Waals surface area contributed by atoms with Gasteiger partial charge in [0.25, 0.3) is 0 Å². The number of hydrogen-bond donors (Lipinski definition) is 0. The second-order valence-corrected chi connectivity index (χ2v) is 8.73. The first-order valence-corrected chi connectivity index (χ1v) is 12.3. The van der Waals surface area contributed by atoms with E-state index >= 15 is 0 Å². The summed E-state index contributed by atoms with van der Waals surface area (Å²) in [5.74, 6) is 4.06. The van der Waals surface area contributed by atoms with Gasteiger partial charge in [-0.2, -0.15) is 0 Å². The van der Waals surface area contributed by atoms with E-state index in [9.17, 15) is 19.2 Å². The normalized spacial score (nSPS) is 9.76. The van der Waals surface area contributed by atoms with Crippen LogP contribution < -0.4 is 18.9 Å². The van der Waals surface area contributed by atoms with E-state index in [2.05, 4.69) is 38.2 Å². The summed E-state index contributed by atoms with van der Waals surface area (Å²) in [6.07, 6.45) is 2.00. The first-order valence-electron chi connectivity index (χ1n) is 12.3. The summed E-state index contributed by atoms with van der Waals surface area (Å²) in [6, 6.07) is 15.7. The monoisotopic (exact) mass is 562 g/mol. The van der Waals surface area contributed by atoms with Gasteiger partial charge in [0.2, 0.25) is 0 Å². The summed E-state index contributed by atoms with van der Waals surface area (Å²) >= 11 is 0. The summed E-state index contributed by atoms with van der Waals surface area (Å²) in [6.45, 7) is 17.0. The third-order valence-corrected chi connectivity index (χ3v) is 5.32. The van der Waals surface area contributed by atoms with Crippen LogP contribution in [0.15, 0.2) is 110 Å². The molecule has 0 aromatic heterocycles. The molecule has 42 heavy (non-hydrogen) atoms. The van der Waals surface area contributed by atoms with Gasteiger partial charge in [-0.25, -0.2) is 19.2 Å². The number of rotatable bonds is 9. The standard InChI is InChI=1S/C34H26O8/c1-7-31(35)41-29-20-28(24-13-17-27(18-14-24)40-34(38)22(5)6)30(42-32(36)8-2)19-25(29)12-9-23-10-15-26(16-11-23)39-33(37)21(3)4/h7-8,10-11,13-20H,1-3,5H2,4,6H3. The molecule has 0 amide bonds. The van der Waals surface area contributed by atoms with E-state index in [1.165, 1.54) is 19.1 Å². The molecule has 0 aliphatic rings. The van der Waals surface area contributed by atoms with Gasteiger partial charge in [-0.15, -0.1) is 0 Å². The lowest BCUT2D eigenvalue weighted by Crippen LogP contribution is -2.08. The Hall–Kier alpha value is -5.94. The number of hydrogen-bond acceptors (Lipinski definition) is 8. The van der Waals surface area contributed by atoms with Gasteiger partial charge in [0.15, 0.2) is 0 Å². The van der Waals surface area contributed by atoms with Crippen LogP contribution in [0.2, 0.25) is 0 Å². The van der Waals surface area contributed by atoms with Crippen molar-refractivity contribution in [1.82, 2.24) is 0 Å². The minimum atomic E-state index is -0.731. The van der Waals surface area contributed by atoms with Crippen molar-refractivity contribution in [3.8, 4) is 46.0 Å². The van der Waals surface area contributed by atoms with E-state index in [1.807, 2.05) is 0 Å². The van der Waals surface area contributed by atoms with Gasteiger partial charge in [-0.05, 0) is 61.9 Å². The lowest BCUT2D eigenvalue weighted by molar-refractivity contribution is -0.130. The Morgan fingerprint density at radius 2 is 1.12 bits per heavy atom. The molecule has 0 saturated heterocycles. The summed E-state index contributed by atoms with van der Waals surface area (Å²) in [5.41, 5.74) is 2.21. The average Bonchev–Trinajstić information content (AvgIpc) is 2.97. The van der Waals surface area contributed by atoms with Crippen molar-refractivity contribution in [2.24, 2.45) is 0 Å². The third kappa shape index (κ3) is 8.28. The van der Waals surface area contributed by atoms with Crippen LogP contribution in [-0.4, -0.2) is 23.9 Å². The molecule has 0 saturated carbocycles. The first-order chi connectivity index (χ1) is 20.0. The van der Waals surface area contributed by atoms with Crippen molar-refractivity contribution in [3.05, 3.63) is 121 Å². The van der Waals surface area contributed by atoms with Gasteiger partial charge in [0.1, 0.15) is 23.0 Å². The van der Waals surface area contributed by atoms with E-state index < -0.39 is 23.9 Å². The van der Waals surface area contributed by atoms with E-state index in [-0.39, 0.29) is 34.0 Å². The molecular weight excluding hydrogens is 536 g/mol. The van der Waals surface area contributed by atoms with Crippen LogP contribution >= 0.6 is 0 Å². The molecule has 3 rings (SSSR count). The van der Waals surface area contributed by atoms with Crippen LogP contribution in [0.3, 0.4) is 0 Å². The molecule has 8 heteroatoms. The molecule has 0 heterocycles. The molecule has 0 fully saturated rings. The predicted octanol–water partition coefficient (Wildman–Crippen LogP) is 5.90. The van der Waals surface area contributed by atoms with E-state index in [1.54, 1.807) is 55.5 Å². The number of esters is 4. The van der Waals surface area contributed by atoms with Crippen LogP contribution in [0.1, 0.15) is 25.0 Å². The second-order valence-electron chi connectivity index (χ2n) is 8.73. The molecule has 0 aliphatic heterocycles. The number of benzene rings is 3. The Labute approximate surface area is 243 Å². The van der Waals surface area contributed by atoms with Gasteiger partial charge >= 0.3 is 23.9 Å². The molecule has 210 valence electrons. The highest BCUT2D eigenvalue weighted by Crippen LogP contribution is 2.37. The van der Waals surface area contributed by atoms with Crippen LogP contribution in [0, 0.1) is 11.8 Å². The smallest absolute Gasteiger partial charge is 0.338 e. The quantitative estimate of drug-likeness (QED) is 0.137. The van der Waals surface area contributed by atoms with Gasteiger partial charge in [0, 0.05) is 40.5 Å². The maximum atomic E-state index is 12.2. The van der Waals surface area contributed by atoms with Gasteiger partial charge in [-0.1, -0.05) is 50.3 Å². The van der Waals surface area contributed by atoms with Crippen molar-refractivity contribution in [1.29, 1.82) is 0 Å². The fourth-order valence-electron chi connectivity index (χ4n) is 3.19. The first kappa shape index (κ1) is 30.6. The summed E-state index contributed by atoms with van der Waals surface area (Å²) in [5, 5.41) is 0. The highest BCUT2D eigenvalue weighted by Gasteiger charge is 2.17. The summed E-state index contributed by atoms with van der Waals surface area (Å²) < 4.78 is 21.4. The highest BCUT2D eigenvalue weighted by atomic mass is 16.5. The zero-order chi connectivity index (χ0) is 30.8. The third-order valence-electron chi connectivity index (χ3n) is 5.32. The molecule has 0 bridgehead atoms. The molecule has 3 aromatic carbocycles. The van der Waals surface area contributed by atoms with Crippen LogP contribution in [0.25, 0.3) is 11.1 Å². The second kappa shape index (κ2) is 13.9. The van der Waals surface area contributed by atoms with Crippen molar-refractivity contribution >= 4 is 23.9 Å². The Kier molecular flexibility index (Phi) is 10.1. The molecule has 0 atom stereocenters. The summed E-state index contributed by atoms with van der Waals surface area (Å²) in [4.78, 5) is 47.9. The molecule has 0 radical (unpaired) electrons. The topological polar surface area (TPSA) is 105 Å². The predicted molar refractivity (Wildman–Crippen MR) is 157 cm³/mol. The van der Waals surface area contributed by atoms with Gasteiger partial charge < -0.3 is 18.9 Å². The molecule has 0 unspecified atom stereocenters. The van der Waals surface area contributed by atoms with Crippen molar-refractivity contribution in [3.63, 3.8) is 0 Å². The van der Waals surface area contributed by atoms with Crippen molar-refractivity contribution in [2.45, 2.75) is 13.8 Å². The minimum Gasteiger partial charge on any atom is -0.423 e. The Bertz CT molecular complexity index is 1660. The Balaban J connectivity index is 2.06. The molecule has 0 N–H and O–H groups in total. The molecular formula is C34H26O8. The Morgan fingerprint density at radius 3 is 1.60 bits per heavy atom. The van der Waals surface area contributed by atoms with E-state index in [4.69, 9.17) is 18.9 Å². The zero-order valence-corrected chi connectivity index (χ0v) is 23.0. The largest absolute Gasteiger partial charge is 0.423 e. The summed E-state index contributed by atoms with van der Waals surface area (Å²) in [7, 11) is 0. The van der Waals surface area contributed by atoms with Crippen molar-refractivity contribution in [2.75, 3.05) is 0 Å². The number of carbonyl (C=O) groups excluding carboxylic acids is 4. The fourth-order valence-corrected chi connectivity index (χ4v) is 3.19. The van der Waals surface area contributed by atoms with Crippen molar-refractivity contribution < 1.29 is 38.1 Å². The Morgan fingerprint density at radius 1 is 0.643 bits per heavy atom. The fraction of sp³-hybridized carbons (Fsp3) is 0.0588. The molecule has 0 spiro atoms. The lowest BCUT2D eigenvalue weighted by atomic mass is 10.0.